The zero-order chi connectivity index (χ0) is 14.7. The van der Waals surface area contributed by atoms with Crippen molar-refractivity contribution in [1.29, 1.82) is 0 Å². The molecule has 1 atom stereocenters. The summed E-state index contributed by atoms with van der Waals surface area (Å²) < 4.78 is 4.59. The molecular formula is C15H17NO4. The van der Waals surface area contributed by atoms with Gasteiger partial charge in [-0.1, -0.05) is 17.7 Å². The van der Waals surface area contributed by atoms with Crippen molar-refractivity contribution in [1.82, 2.24) is 5.32 Å². The Morgan fingerprint density at radius 2 is 1.80 bits per heavy atom. The van der Waals surface area contributed by atoms with Gasteiger partial charge in [-0.15, -0.1) is 0 Å². The second-order valence-corrected chi connectivity index (χ2v) is 4.97. The van der Waals surface area contributed by atoms with Gasteiger partial charge in [-0.3, -0.25) is 9.59 Å². The van der Waals surface area contributed by atoms with Gasteiger partial charge in [0.25, 0.3) is 5.91 Å². The second-order valence-electron chi connectivity index (χ2n) is 4.97. The number of hydrogen-bond donors (Lipinski definition) is 1. The summed E-state index contributed by atoms with van der Waals surface area (Å²) in [5.74, 6) is -1.56. The number of ether oxygens (including phenoxy) is 1. The van der Waals surface area contributed by atoms with Crippen LogP contribution in [0.1, 0.15) is 28.8 Å². The number of benzene rings is 1. The quantitative estimate of drug-likeness (QED) is 0.648. The zero-order valence-electron chi connectivity index (χ0n) is 11.5. The first-order chi connectivity index (χ1) is 9.52. The maximum Gasteiger partial charge on any atom is 0.336 e. The van der Waals surface area contributed by atoms with Gasteiger partial charge in [0.15, 0.2) is 11.8 Å². The molecule has 20 heavy (non-hydrogen) atoms. The maximum absolute atomic E-state index is 12.1. The summed E-state index contributed by atoms with van der Waals surface area (Å²) in [6.45, 7) is 1.91. The molecule has 0 spiro atoms. The van der Waals surface area contributed by atoms with Crippen LogP contribution in [0.25, 0.3) is 0 Å². The van der Waals surface area contributed by atoms with Crippen molar-refractivity contribution in [3.05, 3.63) is 35.4 Å². The van der Waals surface area contributed by atoms with E-state index in [4.69, 9.17) is 0 Å². The Balaban J connectivity index is 2.10. The molecule has 0 aromatic heterocycles. The average Bonchev–Trinajstić information content (AvgIpc) is 3.28. The third-order valence-corrected chi connectivity index (χ3v) is 3.29. The highest BCUT2D eigenvalue weighted by atomic mass is 16.5. The first kappa shape index (κ1) is 14.2. The number of rotatable bonds is 5. The first-order valence-electron chi connectivity index (χ1n) is 6.52. The van der Waals surface area contributed by atoms with E-state index in [9.17, 15) is 14.4 Å². The highest BCUT2D eigenvalue weighted by molar-refractivity contribution is 6.09. The summed E-state index contributed by atoms with van der Waals surface area (Å²) in [6, 6.07) is 5.69. The van der Waals surface area contributed by atoms with Crippen molar-refractivity contribution in [2.45, 2.75) is 25.8 Å². The Morgan fingerprint density at radius 3 is 2.30 bits per heavy atom. The average molecular weight is 275 g/mol. The third kappa shape index (κ3) is 3.23. The van der Waals surface area contributed by atoms with Gasteiger partial charge in [-0.2, -0.15) is 0 Å². The van der Waals surface area contributed by atoms with Crippen LogP contribution >= 0.6 is 0 Å². The van der Waals surface area contributed by atoms with E-state index >= 15 is 0 Å². The normalized spacial score (nSPS) is 15.3. The molecule has 0 radical (unpaired) electrons. The van der Waals surface area contributed by atoms with E-state index in [2.05, 4.69) is 10.1 Å². The molecule has 1 amide bonds. The minimum Gasteiger partial charge on any atom is -0.467 e. The third-order valence-electron chi connectivity index (χ3n) is 3.29. The summed E-state index contributed by atoms with van der Waals surface area (Å²) >= 11 is 0. The van der Waals surface area contributed by atoms with Crippen molar-refractivity contribution in [2.75, 3.05) is 7.11 Å². The molecule has 1 aliphatic rings. The summed E-state index contributed by atoms with van der Waals surface area (Å²) in [6.07, 6.45) is 1.54. The van der Waals surface area contributed by atoms with Crippen LogP contribution < -0.4 is 5.32 Å². The van der Waals surface area contributed by atoms with Gasteiger partial charge < -0.3 is 10.1 Å². The molecule has 0 heterocycles. The highest BCUT2D eigenvalue weighted by Gasteiger charge is 2.39. The fraction of sp³-hybridized carbons (Fsp3) is 0.400. The standard InChI is InChI=1S/C15H17NO4/c1-9-3-5-11(6-4-9)14(18)16-12(15(19)20-2)13(17)10-7-8-10/h3-6,10,12H,7-8H2,1-2H3,(H,16,18). The molecule has 5 heteroatoms. The van der Waals surface area contributed by atoms with E-state index in [1.54, 1.807) is 24.3 Å². The van der Waals surface area contributed by atoms with Gasteiger partial charge in [0.1, 0.15) is 0 Å². The number of Topliss-reactive ketones (excluding diaryl/α,β-unsaturated/α-hetero) is 1. The van der Waals surface area contributed by atoms with E-state index in [1.807, 2.05) is 6.92 Å². The number of carbonyl (C=O) groups excluding carboxylic acids is 3. The molecule has 0 bridgehead atoms. The van der Waals surface area contributed by atoms with Crippen molar-refractivity contribution >= 4 is 17.7 Å². The second kappa shape index (κ2) is 5.86. The molecule has 1 saturated carbocycles. The molecule has 2 rings (SSSR count). The Labute approximate surface area is 117 Å². The fourth-order valence-electron chi connectivity index (χ4n) is 1.89. The summed E-state index contributed by atoms with van der Waals surface area (Å²) in [5, 5.41) is 2.46. The SMILES string of the molecule is COC(=O)C(NC(=O)c1ccc(C)cc1)C(=O)C1CC1. The van der Waals surface area contributed by atoms with E-state index in [0.29, 0.717) is 5.56 Å². The summed E-state index contributed by atoms with van der Waals surface area (Å²) in [7, 11) is 1.20. The lowest BCUT2D eigenvalue weighted by molar-refractivity contribution is -0.146. The molecule has 1 N–H and O–H groups in total. The van der Waals surface area contributed by atoms with Gasteiger partial charge >= 0.3 is 5.97 Å². The molecular weight excluding hydrogens is 258 g/mol. The van der Waals surface area contributed by atoms with Crippen LogP contribution in [-0.4, -0.2) is 30.8 Å². The van der Waals surface area contributed by atoms with E-state index in [1.165, 1.54) is 7.11 Å². The molecule has 1 aliphatic carbocycles. The minimum atomic E-state index is -1.21. The van der Waals surface area contributed by atoms with Crippen LogP contribution in [0.4, 0.5) is 0 Å². The maximum atomic E-state index is 12.1. The van der Waals surface area contributed by atoms with Crippen LogP contribution in [-0.2, 0) is 14.3 Å². The number of carbonyl (C=O) groups is 3. The monoisotopic (exact) mass is 275 g/mol. The fourth-order valence-corrected chi connectivity index (χ4v) is 1.89. The van der Waals surface area contributed by atoms with Crippen molar-refractivity contribution in [3.63, 3.8) is 0 Å². The predicted molar refractivity (Wildman–Crippen MR) is 72.2 cm³/mol. The van der Waals surface area contributed by atoms with E-state index in [-0.39, 0.29) is 11.7 Å². The van der Waals surface area contributed by atoms with Crippen LogP contribution in [0.5, 0.6) is 0 Å². The molecule has 5 nitrogen and oxygen atoms in total. The van der Waals surface area contributed by atoms with Crippen LogP contribution in [0.15, 0.2) is 24.3 Å². The molecule has 106 valence electrons. The van der Waals surface area contributed by atoms with Crippen LogP contribution in [0.3, 0.4) is 0 Å². The molecule has 1 aromatic rings. The molecule has 0 aliphatic heterocycles. The number of aryl methyl sites for hydroxylation is 1. The first-order valence-corrected chi connectivity index (χ1v) is 6.52. The molecule has 1 aromatic carbocycles. The van der Waals surface area contributed by atoms with Crippen molar-refractivity contribution < 1.29 is 19.1 Å². The molecule has 1 fully saturated rings. The lowest BCUT2D eigenvalue weighted by Crippen LogP contribution is -2.47. The lowest BCUT2D eigenvalue weighted by atomic mass is 10.1. The number of hydrogen-bond acceptors (Lipinski definition) is 4. The predicted octanol–water partition coefficient (Wildman–Crippen LogP) is 1.25. The van der Waals surface area contributed by atoms with Crippen molar-refractivity contribution in [2.24, 2.45) is 5.92 Å². The van der Waals surface area contributed by atoms with Crippen LogP contribution in [0, 0.1) is 12.8 Å². The van der Waals surface area contributed by atoms with E-state index in [0.717, 1.165) is 18.4 Å². The number of methoxy groups -OCH3 is 1. The number of esters is 1. The Bertz CT molecular complexity index is 531. The Hall–Kier alpha value is -2.17. The summed E-state index contributed by atoms with van der Waals surface area (Å²) in [4.78, 5) is 35.7. The minimum absolute atomic E-state index is 0.127. The lowest BCUT2D eigenvalue weighted by Gasteiger charge is -2.15. The van der Waals surface area contributed by atoms with Crippen molar-refractivity contribution in [3.8, 4) is 0 Å². The van der Waals surface area contributed by atoms with Gasteiger partial charge in [-0.05, 0) is 31.9 Å². The largest absolute Gasteiger partial charge is 0.467 e. The van der Waals surface area contributed by atoms with E-state index < -0.39 is 17.9 Å². The van der Waals surface area contributed by atoms with Gasteiger partial charge in [-0.25, -0.2) is 4.79 Å². The number of nitrogens with one attached hydrogen (secondary N) is 1. The molecule has 1 unspecified atom stereocenters. The van der Waals surface area contributed by atoms with Crippen LogP contribution in [0.2, 0.25) is 0 Å². The van der Waals surface area contributed by atoms with Gasteiger partial charge in [0.05, 0.1) is 7.11 Å². The topological polar surface area (TPSA) is 72.5 Å². The Kier molecular flexibility index (Phi) is 4.17. The highest BCUT2D eigenvalue weighted by Crippen LogP contribution is 2.31. The summed E-state index contributed by atoms with van der Waals surface area (Å²) in [5.41, 5.74) is 1.44. The smallest absolute Gasteiger partial charge is 0.336 e. The van der Waals surface area contributed by atoms with Gasteiger partial charge in [0, 0.05) is 11.5 Å². The number of ketones is 1. The zero-order valence-corrected chi connectivity index (χ0v) is 11.5. The molecule has 0 saturated heterocycles. The number of amides is 1. The Morgan fingerprint density at radius 1 is 1.20 bits per heavy atom. The van der Waals surface area contributed by atoms with Gasteiger partial charge in [0.2, 0.25) is 0 Å².